The van der Waals surface area contributed by atoms with Crippen molar-refractivity contribution in [2.75, 3.05) is 13.1 Å². The molecule has 5 nitrogen and oxygen atoms in total. The summed E-state index contributed by atoms with van der Waals surface area (Å²) in [5.41, 5.74) is 5.71. The molecular weight excluding hydrogens is 286 g/mol. The molecule has 1 aromatic heterocycles. The molecule has 0 bridgehead atoms. The molecule has 0 radical (unpaired) electrons. The van der Waals surface area contributed by atoms with Gasteiger partial charge in [0.2, 0.25) is 10.0 Å². The first-order valence-corrected chi connectivity index (χ1v) is 8.31. The first-order valence-electron chi connectivity index (χ1n) is 6.82. The molecule has 1 rings (SSSR count). The van der Waals surface area contributed by atoms with Gasteiger partial charge in [-0.15, -0.1) is 0 Å². The van der Waals surface area contributed by atoms with E-state index in [0.29, 0.717) is 18.0 Å². The van der Waals surface area contributed by atoms with E-state index in [1.54, 1.807) is 0 Å². The van der Waals surface area contributed by atoms with Gasteiger partial charge in [0.15, 0.2) is 0 Å². The summed E-state index contributed by atoms with van der Waals surface area (Å²) in [6.45, 7) is 8.78. The van der Waals surface area contributed by atoms with Crippen molar-refractivity contribution in [2.24, 2.45) is 17.1 Å². The van der Waals surface area contributed by atoms with Gasteiger partial charge in [-0.3, -0.25) is 4.98 Å². The Hall–Kier alpha value is -1.42. The van der Waals surface area contributed by atoms with E-state index in [9.17, 15) is 8.42 Å². The van der Waals surface area contributed by atoms with Crippen molar-refractivity contribution in [2.45, 2.75) is 32.6 Å². The number of hydrogen-bond donors (Lipinski definition) is 2. The van der Waals surface area contributed by atoms with E-state index in [0.717, 1.165) is 0 Å². The Morgan fingerprint density at radius 2 is 2.05 bits per heavy atom. The van der Waals surface area contributed by atoms with Crippen LogP contribution in [-0.2, 0) is 10.0 Å². The van der Waals surface area contributed by atoms with E-state index in [-0.39, 0.29) is 16.9 Å². The highest BCUT2D eigenvalue weighted by Crippen LogP contribution is 2.25. The summed E-state index contributed by atoms with van der Waals surface area (Å²) in [7, 11) is -3.59. The number of nitrogens with two attached hydrogens (primary N) is 1. The fourth-order valence-electron chi connectivity index (χ4n) is 1.36. The van der Waals surface area contributed by atoms with Crippen LogP contribution in [0, 0.1) is 23.2 Å². The van der Waals surface area contributed by atoms with E-state index in [4.69, 9.17) is 5.73 Å². The van der Waals surface area contributed by atoms with Crippen LogP contribution in [0.25, 0.3) is 0 Å². The van der Waals surface area contributed by atoms with Crippen LogP contribution in [0.5, 0.6) is 0 Å². The van der Waals surface area contributed by atoms with Gasteiger partial charge in [-0.2, -0.15) is 0 Å². The Balaban J connectivity index is 2.93. The third-order valence-corrected chi connectivity index (χ3v) is 5.01. The van der Waals surface area contributed by atoms with Crippen LogP contribution >= 0.6 is 0 Å². The Morgan fingerprint density at radius 3 is 2.62 bits per heavy atom. The van der Waals surface area contributed by atoms with Gasteiger partial charge in [0, 0.05) is 24.5 Å². The Kier molecular flexibility index (Phi) is 5.90. The first-order chi connectivity index (χ1) is 9.69. The molecule has 3 N–H and O–H groups in total. The largest absolute Gasteiger partial charge is 0.320 e. The van der Waals surface area contributed by atoms with Crippen LogP contribution in [0.1, 0.15) is 33.3 Å². The Bertz CT molecular complexity index is 640. The van der Waals surface area contributed by atoms with Gasteiger partial charge in [-0.1, -0.05) is 39.5 Å². The SMILES string of the molecule is CC(C)C(C)(C)CNS(=O)(=O)c1cncc(C#CCN)c1. The summed E-state index contributed by atoms with van der Waals surface area (Å²) in [6, 6.07) is 1.50. The van der Waals surface area contributed by atoms with Gasteiger partial charge in [-0.25, -0.2) is 13.1 Å². The Labute approximate surface area is 127 Å². The maximum absolute atomic E-state index is 12.3. The molecule has 0 spiro atoms. The summed E-state index contributed by atoms with van der Waals surface area (Å²) in [6.07, 6.45) is 2.83. The van der Waals surface area contributed by atoms with E-state index in [1.165, 1.54) is 18.5 Å². The molecule has 0 atom stereocenters. The average molecular weight is 309 g/mol. The lowest BCUT2D eigenvalue weighted by Gasteiger charge is -2.29. The standard InChI is InChI=1S/C15H23N3O2S/c1-12(2)15(3,4)11-18-21(19,20)14-8-13(6-5-7-16)9-17-10-14/h8-10,12,18H,7,11,16H2,1-4H3. The smallest absolute Gasteiger partial charge is 0.242 e. The summed E-state index contributed by atoms with van der Waals surface area (Å²) in [5, 5.41) is 0. The molecule has 0 fully saturated rings. The minimum atomic E-state index is -3.59. The van der Waals surface area contributed by atoms with Gasteiger partial charge >= 0.3 is 0 Å². The molecule has 0 aromatic carbocycles. The molecular formula is C15H23N3O2S. The lowest BCUT2D eigenvalue weighted by atomic mass is 9.81. The number of hydrogen-bond acceptors (Lipinski definition) is 4. The number of aromatic nitrogens is 1. The zero-order valence-corrected chi connectivity index (χ0v) is 13.8. The maximum Gasteiger partial charge on any atom is 0.242 e. The highest BCUT2D eigenvalue weighted by Gasteiger charge is 2.25. The summed E-state index contributed by atoms with van der Waals surface area (Å²) < 4.78 is 27.2. The monoisotopic (exact) mass is 309 g/mol. The van der Waals surface area contributed by atoms with Crippen molar-refractivity contribution in [1.82, 2.24) is 9.71 Å². The fraction of sp³-hybridized carbons (Fsp3) is 0.533. The Morgan fingerprint density at radius 1 is 1.38 bits per heavy atom. The molecule has 0 aliphatic heterocycles. The number of rotatable bonds is 5. The van der Waals surface area contributed by atoms with Crippen molar-refractivity contribution in [3.63, 3.8) is 0 Å². The summed E-state index contributed by atoms with van der Waals surface area (Å²) in [5.74, 6) is 5.82. The van der Waals surface area contributed by atoms with Crippen molar-refractivity contribution in [1.29, 1.82) is 0 Å². The fourth-order valence-corrected chi connectivity index (χ4v) is 2.57. The van der Waals surface area contributed by atoms with Crippen molar-refractivity contribution < 1.29 is 8.42 Å². The predicted molar refractivity (Wildman–Crippen MR) is 84.0 cm³/mol. The molecule has 0 aliphatic carbocycles. The van der Waals surface area contributed by atoms with Gasteiger partial charge in [0.05, 0.1) is 6.54 Å². The quantitative estimate of drug-likeness (QED) is 0.804. The average Bonchev–Trinajstić information content (AvgIpc) is 2.43. The maximum atomic E-state index is 12.3. The van der Waals surface area contributed by atoms with E-state index in [1.807, 2.05) is 13.8 Å². The molecule has 6 heteroatoms. The first kappa shape index (κ1) is 17.6. The topological polar surface area (TPSA) is 85.1 Å². The highest BCUT2D eigenvalue weighted by molar-refractivity contribution is 7.89. The minimum absolute atomic E-state index is 0.117. The van der Waals surface area contributed by atoms with Crippen LogP contribution in [-0.4, -0.2) is 26.5 Å². The molecule has 0 amide bonds. The third-order valence-electron chi connectivity index (χ3n) is 3.64. The second kappa shape index (κ2) is 7.03. The predicted octanol–water partition coefficient (Wildman–Crippen LogP) is 1.35. The molecule has 1 heterocycles. The molecule has 0 saturated heterocycles. The van der Waals surface area contributed by atoms with Crippen LogP contribution in [0.15, 0.2) is 23.4 Å². The summed E-state index contributed by atoms with van der Waals surface area (Å²) in [4.78, 5) is 4.04. The lowest BCUT2D eigenvalue weighted by Crippen LogP contribution is -2.37. The van der Waals surface area contributed by atoms with Crippen molar-refractivity contribution in [3.8, 4) is 11.8 Å². The summed E-state index contributed by atoms with van der Waals surface area (Å²) >= 11 is 0. The third kappa shape index (κ3) is 5.12. The molecule has 116 valence electrons. The molecule has 0 aliphatic rings. The van der Waals surface area contributed by atoms with Crippen LogP contribution in [0.2, 0.25) is 0 Å². The van der Waals surface area contributed by atoms with Crippen molar-refractivity contribution >= 4 is 10.0 Å². The molecule has 1 aromatic rings. The number of nitrogens with zero attached hydrogens (tertiary/aromatic N) is 1. The van der Waals surface area contributed by atoms with Crippen LogP contribution in [0.4, 0.5) is 0 Å². The van der Waals surface area contributed by atoms with Crippen LogP contribution in [0.3, 0.4) is 0 Å². The van der Waals surface area contributed by atoms with Gasteiger partial charge in [-0.05, 0) is 17.4 Å². The number of sulfonamides is 1. The van der Waals surface area contributed by atoms with Gasteiger partial charge < -0.3 is 5.73 Å². The van der Waals surface area contributed by atoms with Gasteiger partial charge in [0.1, 0.15) is 4.90 Å². The zero-order valence-electron chi connectivity index (χ0n) is 13.0. The molecule has 0 unspecified atom stereocenters. The van der Waals surface area contributed by atoms with Gasteiger partial charge in [0.25, 0.3) is 0 Å². The highest BCUT2D eigenvalue weighted by atomic mass is 32.2. The normalized spacial score (nSPS) is 12.1. The minimum Gasteiger partial charge on any atom is -0.320 e. The lowest BCUT2D eigenvalue weighted by molar-refractivity contribution is 0.252. The van der Waals surface area contributed by atoms with E-state index >= 15 is 0 Å². The van der Waals surface area contributed by atoms with E-state index in [2.05, 4.69) is 35.4 Å². The van der Waals surface area contributed by atoms with Crippen LogP contribution < -0.4 is 10.5 Å². The number of pyridine rings is 1. The zero-order chi connectivity index (χ0) is 16.1. The number of nitrogens with one attached hydrogen (secondary N) is 1. The van der Waals surface area contributed by atoms with Crippen molar-refractivity contribution in [3.05, 3.63) is 24.0 Å². The van der Waals surface area contributed by atoms with E-state index < -0.39 is 10.0 Å². The second-order valence-electron chi connectivity index (χ2n) is 5.88. The molecule has 21 heavy (non-hydrogen) atoms. The second-order valence-corrected chi connectivity index (χ2v) is 7.65. The molecule has 0 saturated carbocycles.